The van der Waals surface area contributed by atoms with Crippen LogP contribution in [0.4, 0.5) is 5.69 Å². The number of rotatable bonds is 6. The second kappa shape index (κ2) is 9.09. The van der Waals surface area contributed by atoms with E-state index in [0.29, 0.717) is 22.9 Å². The van der Waals surface area contributed by atoms with Crippen LogP contribution in [0.2, 0.25) is 0 Å². The molecule has 6 nitrogen and oxygen atoms in total. The third-order valence-electron chi connectivity index (χ3n) is 4.69. The van der Waals surface area contributed by atoms with Gasteiger partial charge in [-0.1, -0.05) is 60.7 Å². The summed E-state index contributed by atoms with van der Waals surface area (Å²) >= 11 is 0. The van der Waals surface area contributed by atoms with Gasteiger partial charge in [0.1, 0.15) is 0 Å². The van der Waals surface area contributed by atoms with Crippen molar-refractivity contribution < 1.29 is 18.7 Å². The minimum absolute atomic E-state index is 0.271. The standard InChI is InChI=1S/C25H20N2O4/c1-17-9-5-8-14-21(17)27-23(28)16-30-25(29)20-13-7-6-12-19(20)24-26-15-22(31-24)18-10-3-2-4-11-18/h2-15H,16H2,1H3,(H,27,28). The van der Waals surface area contributed by atoms with Crippen molar-refractivity contribution in [1.82, 2.24) is 4.98 Å². The van der Waals surface area contributed by atoms with Crippen LogP contribution in [0.5, 0.6) is 0 Å². The summed E-state index contributed by atoms with van der Waals surface area (Å²) in [5.74, 6) is -0.148. The number of carbonyl (C=O) groups excluding carboxylic acids is 2. The number of carbonyl (C=O) groups is 2. The number of nitrogens with one attached hydrogen (secondary N) is 1. The first-order chi connectivity index (χ1) is 15.1. The smallest absolute Gasteiger partial charge is 0.339 e. The number of aryl methyl sites for hydroxylation is 1. The zero-order chi connectivity index (χ0) is 21.6. The van der Waals surface area contributed by atoms with Crippen molar-refractivity contribution in [3.05, 3.63) is 96.2 Å². The van der Waals surface area contributed by atoms with E-state index in [-0.39, 0.29) is 5.56 Å². The number of hydrogen-bond acceptors (Lipinski definition) is 5. The minimum Gasteiger partial charge on any atom is -0.452 e. The summed E-state index contributed by atoms with van der Waals surface area (Å²) < 4.78 is 11.1. The summed E-state index contributed by atoms with van der Waals surface area (Å²) in [4.78, 5) is 29.2. The average Bonchev–Trinajstić information content (AvgIpc) is 3.30. The number of aromatic nitrogens is 1. The van der Waals surface area contributed by atoms with Gasteiger partial charge in [0.2, 0.25) is 5.89 Å². The SMILES string of the molecule is Cc1ccccc1NC(=O)COC(=O)c1ccccc1-c1ncc(-c2ccccc2)o1. The van der Waals surface area contributed by atoms with Crippen LogP contribution < -0.4 is 5.32 Å². The molecule has 0 aliphatic rings. The van der Waals surface area contributed by atoms with Crippen molar-refractivity contribution in [3.8, 4) is 22.8 Å². The maximum atomic E-state index is 12.7. The van der Waals surface area contributed by atoms with Gasteiger partial charge in [-0.05, 0) is 30.7 Å². The van der Waals surface area contributed by atoms with E-state index < -0.39 is 18.5 Å². The fourth-order valence-electron chi connectivity index (χ4n) is 3.09. The largest absolute Gasteiger partial charge is 0.452 e. The van der Waals surface area contributed by atoms with Crippen molar-refractivity contribution in [2.24, 2.45) is 0 Å². The van der Waals surface area contributed by atoms with Gasteiger partial charge in [0, 0.05) is 11.3 Å². The number of esters is 1. The van der Waals surface area contributed by atoms with Crippen LogP contribution in [0.3, 0.4) is 0 Å². The number of hydrogen-bond donors (Lipinski definition) is 1. The molecule has 154 valence electrons. The van der Waals surface area contributed by atoms with E-state index in [2.05, 4.69) is 10.3 Å². The zero-order valence-corrected chi connectivity index (χ0v) is 16.9. The highest BCUT2D eigenvalue weighted by Crippen LogP contribution is 2.28. The normalized spacial score (nSPS) is 10.5. The van der Waals surface area contributed by atoms with Crippen LogP contribution in [0.25, 0.3) is 22.8 Å². The quantitative estimate of drug-likeness (QED) is 0.445. The first kappa shape index (κ1) is 20.1. The van der Waals surface area contributed by atoms with Crippen LogP contribution >= 0.6 is 0 Å². The number of nitrogens with zero attached hydrogens (tertiary/aromatic N) is 1. The fourth-order valence-corrected chi connectivity index (χ4v) is 3.09. The third-order valence-corrected chi connectivity index (χ3v) is 4.69. The summed E-state index contributed by atoms with van der Waals surface area (Å²) in [6, 6.07) is 23.8. The topological polar surface area (TPSA) is 81.4 Å². The van der Waals surface area contributed by atoms with Crippen molar-refractivity contribution in [3.63, 3.8) is 0 Å². The Hall–Kier alpha value is -4.19. The molecule has 0 bridgehead atoms. The Bertz CT molecular complexity index is 1210. The monoisotopic (exact) mass is 412 g/mol. The Kier molecular flexibility index (Phi) is 5.89. The molecule has 0 saturated heterocycles. The molecule has 0 saturated carbocycles. The molecule has 0 radical (unpaired) electrons. The van der Waals surface area contributed by atoms with Gasteiger partial charge in [-0.2, -0.15) is 0 Å². The summed E-state index contributed by atoms with van der Waals surface area (Å²) in [6.45, 7) is 1.49. The summed E-state index contributed by atoms with van der Waals surface area (Å²) in [7, 11) is 0. The Labute approximate surface area is 179 Å². The van der Waals surface area contributed by atoms with Gasteiger partial charge < -0.3 is 14.5 Å². The Balaban J connectivity index is 1.47. The number of benzene rings is 3. The first-order valence-electron chi connectivity index (χ1n) is 9.75. The lowest BCUT2D eigenvalue weighted by molar-refractivity contribution is -0.119. The van der Waals surface area contributed by atoms with Crippen molar-refractivity contribution in [2.75, 3.05) is 11.9 Å². The van der Waals surface area contributed by atoms with Crippen LogP contribution in [-0.4, -0.2) is 23.5 Å². The van der Waals surface area contributed by atoms with Crippen LogP contribution in [0, 0.1) is 6.92 Å². The summed E-state index contributed by atoms with van der Waals surface area (Å²) in [5, 5.41) is 2.74. The number of amides is 1. The molecule has 1 N–H and O–H groups in total. The van der Waals surface area contributed by atoms with Crippen LogP contribution in [-0.2, 0) is 9.53 Å². The van der Waals surface area contributed by atoms with E-state index in [1.54, 1.807) is 36.5 Å². The van der Waals surface area contributed by atoms with Gasteiger partial charge in [0.15, 0.2) is 12.4 Å². The highest BCUT2D eigenvalue weighted by atomic mass is 16.5. The second-order valence-corrected chi connectivity index (χ2v) is 6.88. The lowest BCUT2D eigenvalue weighted by atomic mass is 10.1. The summed E-state index contributed by atoms with van der Waals surface area (Å²) in [5.41, 5.74) is 3.25. The lowest BCUT2D eigenvalue weighted by Crippen LogP contribution is -2.21. The van der Waals surface area contributed by atoms with Gasteiger partial charge >= 0.3 is 5.97 Å². The van der Waals surface area contributed by atoms with Gasteiger partial charge in [0.05, 0.1) is 17.3 Å². The highest BCUT2D eigenvalue weighted by molar-refractivity contribution is 5.99. The molecule has 0 atom stereocenters. The molecule has 3 aromatic carbocycles. The molecule has 0 aliphatic carbocycles. The fraction of sp³-hybridized carbons (Fsp3) is 0.0800. The van der Waals surface area contributed by atoms with Gasteiger partial charge in [-0.25, -0.2) is 9.78 Å². The first-order valence-corrected chi connectivity index (χ1v) is 9.75. The lowest BCUT2D eigenvalue weighted by Gasteiger charge is -2.10. The molecule has 1 amide bonds. The molecular weight excluding hydrogens is 392 g/mol. The van der Waals surface area contributed by atoms with Crippen molar-refractivity contribution >= 4 is 17.6 Å². The van der Waals surface area contributed by atoms with Crippen molar-refractivity contribution in [2.45, 2.75) is 6.92 Å². The maximum Gasteiger partial charge on any atom is 0.339 e. The Morgan fingerprint density at radius 2 is 1.65 bits per heavy atom. The summed E-state index contributed by atoms with van der Waals surface area (Å²) in [6.07, 6.45) is 1.61. The predicted molar refractivity (Wildman–Crippen MR) is 117 cm³/mol. The second-order valence-electron chi connectivity index (χ2n) is 6.88. The Morgan fingerprint density at radius 3 is 2.45 bits per heavy atom. The Morgan fingerprint density at radius 1 is 0.935 bits per heavy atom. The highest BCUT2D eigenvalue weighted by Gasteiger charge is 2.19. The molecule has 0 fully saturated rings. The molecule has 0 aliphatic heterocycles. The molecule has 1 aromatic heterocycles. The maximum absolute atomic E-state index is 12.7. The number of ether oxygens (including phenoxy) is 1. The van der Waals surface area contributed by atoms with E-state index in [1.165, 1.54) is 0 Å². The van der Waals surface area contributed by atoms with E-state index in [9.17, 15) is 9.59 Å². The average molecular weight is 412 g/mol. The molecule has 4 aromatic rings. The predicted octanol–water partition coefficient (Wildman–Crippen LogP) is 5.11. The molecule has 4 rings (SSSR count). The minimum atomic E-state index is -0.630. The zero-order valence-electron chi connectivity index (χ0n) is 16.9. The molecule has 0 unspecified atom stereocenters. The molecular formula is C25H20N2O4. The molecule has 6 heteroatoms. The number of oxazole rings is 1. The van der Waals surface area contributed by atoms with Gasteiger partial charge in [0.25, 0.3) is 5.91 Å². The van der Waals surface area contributed by atoms with E-state index in [4.69, 9.17) is 9.15 Å². The van der Waals surface area contributed by atoms with Crippen LogP contribution in [0.15, 0.2) is 89.5 Å². The van der Waals surface area contributed by atoms with E-state index in [1.807, 2.05) is 55.5 Å². The van der Waals surface area contributed by atoms with E-state index >= 15 is 0 Å². The number of para-hydroxylation sites is 1. The molecule has 1 heterocycles. The number of anilines is 1. The van der Waals surface area contributed by atoms with Crippen molar-refractivity contribution in [1.29, 1.82) is 0 Å². The third kappa shape index (κ3) is 4.70. The molecule has 0 spiro atoms. The van der Waals surface area contributed by atoms with E-state index in [0.717, 1.165) is 11.1 Å². The van der Waals surface area contributed by atoms with Gasteiger partial charge in [-0.3, -0.25) is 4.79 Å². The van der Waals surface area contributed by atoms with Crippen LogP contribution in [0.1, 0.15) is 15.9 Å². The van der Waals surface area contributed by atoms with Gasteiger partial charge in [-0.15, -0.1) is 0 Å². The molecule has 31 heavy (non-hydrogen) atoms.